The summed E-state index contributed by atoms with van der Waals surface area (Å²) in [4.78, 5) is 9.51. The minimum atomic E-state index is -0.586. The molecule has 6 heteroatoms. The second-order valence-corrected chi connectivity index (χ2v) is 7.59. The highest BCUT2D eigenvalue weighted by Crippen LogP contribution is 2.29. The molecule has 0 bridgehead atoms. The normalized spacial score (nSPS) is 20.7. The Kier molecular flexibility index (Phi) is 7.35. The molecule has 6 nitrogen and oxygen atoms in total. The Morgan fingerprint density at radius 1 is 1.15 bits per heavy atom. The second kappa shape index (κ2) is 9.95. The lowest BCUT2D eigenvalue weighted by atomic mass is 10.0. The lowest BCUT2D eigenvalue weighted by Crippen LogP contribution is -2.53. The number of benzene rings is 1. The van der Waals surface area contributed by atoms with Crippen LogP contribution in [0.2, 0.25) is 0 Å². The fourth-order valence-electron chi connectivity index (χ4n) is 3.83. The van der Waals surface area contributed by atoms with E-state index in [0.29, 0.717) is 13.2 Å². The van der Waals surface area contributed by atoms with E-state index in [0.717, 1.165) is 76.7 Å². The molecule has 0 atom stereocenters. The molecular formula is C21H34N4O2. The second-order valence-electron chi connectivity index (χ2n) is 7.59. The lowest BCUT2D eigenvalue weighted by Gasteiger charge is -2.36. The molecule has 27 heavy (non-hydrogen) atoms. The molecule has 1 aromatic carbocycles. The molecule has 1 aliphatic carbocycles. The first-order valence-electron chi connectivity index (χ1n) is 10.3. The Hall–Kier alpha value is -1.79. The van der Waals surface area contributed by atoms with Crippen molar-refractivity contribution in [2.24, 2.45) is 4.99 Å². The van der Waals surface area contributed by atoms with Crippen molar-refractivity contribution in [3.8, 4) is 5.75 Å². The molecule has 2 N–H and O–H groups in total. The minimum absolute atomic E-state index is 0.514. The average Bonchev–Trinajstić information content (AvgIpc) is 3.13. The zero-order chi connectivity index (χ0) is 19.0. The van der Waals surface area contributed by atoms with Crippen LogP contribution in [0.3, 0.4) is 0 Å². The van der Waals surface area contributed by atoms with E-state index in [2.05, 4.69) is 22.0 Å². The zero-order valence-corrected chi connectivity index (χ0v) is 16.6. The average molecular weight is 375 g/mol. The summed E-state index contributed by atoms with van der Waals surface area (Å²) in [5.74, 6) is 1.88. The Bertz CT molecular complexity index is 579. The maximum absolute atomic E-state index is 10.6. The van der Waals surface area contributed by atoms with Gasteiger partial charge in [-0.25, -0.2) is 0 Å². The molecule has 1 aliphatic heterocycles. The highest BCUT2D eigenvalue weighted by molar-refractivity contribution is 5.80. The standard InChI is InChI=1S/C21H34N4O2/c1-2-22-20(23-18-21(26)10-6-7-11-21)25-14-12-24(13-15-25)16-17-27-19-8-4-3-5-9-19/h3-5,8-9,26H,2,6-7,10-18H2,1H3,(H,22,23). The molecule has 0 amide bonds. The van der Waals surface area contributed by atoms with Crippen LogP contribution in [0.25, 0.3) is 0 Å². The molecule has 2 aliphatic rings. The van der Waals surface area contributed by atoms with Crippen LogP contribution in [0.4, 0.5) is 0 Å². The smallest absolute Gasteiger partial charge is 0.194 e. The van der Waals surface area contributed by atoms with Crippen LogP contribution >= 0.6 is 0 Å². The van der Waals surface area contributed by atoms with Crippen LogP contribution in [-0.2, 0) is 0 Å². The monoisotopic (exact) mass is 374 g/mol. The summed E-state index contributed by atoms with van der Waals surface area (Å²) in [5.41, 5.74) is -0.586. The van der Waals surface area contributed by atoms with Crippen molar-refractivity contribution in [1.82, 2.24) is 15.1 Å². The first kappa shape index (κ1) is 20.0. The fraction of sp³-hybridized carbons (Fsp3) is 0.667. The van der Waals surface area contributed by atoms with Crippen LogP contribution in [0.5, 0.6) is 5.75 Å². The number of rotatable bonds is 7. The Balaban J connectivity index is 1.43. The predicted molar refractivity (Wildman–Crippen MR) is 109 cm³/mol. The quantitative estimate of drug-likeness (QED) is 0.564. The zero-order valence-electron chi connectivity index (χ0n) is 16.6. The number of nitrogens with zero attached hydrogens (tertiary/aromatic N) is 3. The van der Waals surface area contributed by atoms with Crippen LogP contribution in [0.15, 0.2) is 35.3 Å². The van der Waals surface area contributed by atoms with Gasteiger partial charge < -0.3 is 20.1 Å². The van der Waals surface area contributed by atoms with Crippen molar-refractivity contribution in [2.45, 2.75) is 38.2 Å². The van der Waals surface area contributed by atoms with Crippen LogP contribution in [0, 0.1) is 0 Å². The van der Waals surface area contributed by atoms with Crippen molar-refractivity contribution >= 4 is 5.96 Å². The number of hydrogen-bond donors (Lipinski definition) is 2. The van der Waals surface area contributed by atoms with Crippen molar-refractivity contribution in [2.75, 3.05) is 52.4 Å². The highest BCUT2D eigenvalue weighted by atomic mass is 16.5. The van der Waals surface area contributed by atoms with E-state index in [9.17, 15) is 5.11 Å². The van der Waals surface area contributed by atoms with Gasteiger partial charge in [0.1, 0.15) is 12.4 Å². The van der Waals surface area contributed by atoms with Crippen molar-refractivity contribution in [3.05, 3.63) is 30.3 Å². The topological polar surface area (TPSA) is 60.3 Å². The van der Waals surface area contributed by atoms with Crippen LogP contribution < -0.4 is 10.1 Å². The number of hydrogen-bond acceptors (Lipinski definition) is 4. The molecule has 1 saturated heterocycles. The molecule has 1 aromatic rings. The van der Waals surface area contributed by atoms with E-state index in [1.807, 2.05) is 30.3 Å². The van der Waals surface area contributed by atoms with Crippen molar-refractivity contribution in [3.63, 3.8) is 0 Å². The summed E-state index contributed by atoms with van der Waals surface area (Å²) in [7, 11) is 0. The predicted octanol–water partition coefficient (Wildman–Crippen LogP) is 1.95. The molecule has 0 radical (unpaired) electrons. The number of piperazine rings is 1. The number of ether oxygens (including phenoxy) is 1. The summed E-state index contributed by atoms with van der Waals surface area (Å²) in [6.45, 7) is 9.03. The van der Waals surface area contributed by atoms with Crippen molar-refractivity contribution < 1.29 is 9.84 Å². The van der Waals surface area contributed by atoms with Gasteiger partial charge in [-0.15, -0.1) is 0 Å². The van der Waals surface area contributed by atoms with Gasteiger partial charge in [0.05, 0.1) is 12.1 Å². The van der Waals surface area contributed by atoms with Gasteiger partial charge in [0, 0.05) is 39.3 Å². The minimum Gasteiger partial charge on any atom is -0.492 e. The number of guanidine groups is 1. The summed E-state index contributed by atoms with van der Waals surface area (Å²) < 4.78 is 5.81. The third kappa shape index (κ3) is 6.11. The number of aliphatic imine (C=N–C) groups is 1. The van der Waals surface area contributed by atoms with Gasteiger partial charge in [-0.1, -0.05) is 31.0 Å². The van der Waals surface area contributed by atoms with Gasteiger partial charge in [0.15, 0.2) is 5.96 Å². The summed E-state index contributed by atoms with van der Waals surface area (Å²) in [6, 6.07) is 9.99. The summed E-state index contributed by atoms with van der Waals surface area (Å²) in [5, 5.41) is 14.0. The van der Waals surface area contributed by atoms with Crippen LogP contribution in [0.1, 0.15) is 32.6 Å². The third-order valence-electron chi connectivity index (χ3n) is 5.48. The van der Waals surface area contributed by atoms with Crippen LogP contribution in [-0.4, -0.2) is 78.9 Å². The number of para-hydroxylation sites is 1. The van der Waals surface area contributed by atoms with E-state index >= 15 is 0 Å². The Morgan fingerprint density at radius 2 is 1.85 bits per heavy atom. The molecule has 1 saturated carbocycles. The first-order valence-corrected chi connectivity index (χ1v) is 10.3. The Morgan fingerprint density at radius 3 is 2.52 bits per heavy atom. The summed E-state index contributed by atoms with van der Waals surface area (Å²) in [6.07, 6.45) is 3.99. The van der Waals surface area contributed by atoms with Gasteiger partial charge in [0.25, 0.3) is 0 Å². The molecule has 150 valence electrons. The van der Waals surface area contributed by atoms with E-state index in [-0.39, 0.29) is 0 Å². The van der Waals surface area contributed by atoms with Gasteiger partial charge in [0.2, 0.25) is 0 Å². The largest absolute Gasteiger partial charge is 0.492 e. The van der Waals surface area contributed by atoms with Gasteiger partial charge in [-0.3, -0.25) is 9.89 Å². The molecule has 0 aromatic heterocycles. The fourth-order valence-corrected chi connectivity index (χ4v) is 3.83. The Labute approximate surface area is 163 Å². The maximum atomic E-state index is 10.6. The number of nitrogens with one attached hydrogen (secondary N) is 1. The van der Waals surface area contributed by atoms with Crippen molar-refractivity contribution in [1.29, 1.82) is 0 Å². The van der Waals surface area contributed by atoms with Gasteiger partial charge >= 0.3 is 0 Å². The molecule has 3 rings (SSSR count). The lowest BCUT2D eigenvalue weighted by molar-refractivity contribution is 0.0569. The van der Waals surface area contributed by atoms with E-state index < -0.39 is 5.60 Å². The third-order valence-corrected chi connectivity index (χ3v) is 5.48. The van der Waals surface area contributed by atoms with E-state index in [1.54, 1.807) is 0 Å². The van der Waals surface area contributed by atoms with Gasteiger partial charge in [-0.05, 0) is 31.9 Å². The van der Waals surface area contributed by atoms with E-state index in [1.165, 1.54) is 0 Å². The summed E-state index contributed by atoms with van der Waals surface area (Å²) >= 11 is 0. The highest BCUT2D eigenvalue weighted by Gasteiger charge is 2.31. The molecule has 0 spiro atoms. The molecule has 1 heterocycles. The first-order chi connectivity index (χ1) is 13.2. The number of aliphatic hydroxyl groups is 1. The molecule has 2 fully saturated rings. The molecule has 0 unspecified atom stereocenters. The SMILES string of the molecule is CCNC(=NCC1(O)CCCC1)N1CCN(CCOc2ccccc2)CC1. The maximum Gasteiger partial charge on any atom is 0.194 e. The van der Waals surface area contributed by atoms with Gasteiger partial charge in [-0.2, -0.15) is 0 Å². The van der Waals surface area contributed by atoms with E-state index in [4.69, 9.17) is 9.73 Å². The molecular weight excluding hydrogens is 340 g/mol.